The summed E-state index contributed by atoms with van der Waals surface area (Å²) in [6.45, 7) is 2.26. The zero-order chi connectivity index (χ0) is 18.2. The first-order valence-corrected chi connectivity index (χ1v) is 8.08. The van der Waals surface area contributed by atoms with Crippen molar-refractivity contribution in [1.29, 1.82) is 0 Å². The largest absolute Gasteiger partial charge is 0.492 e. The van der Waals surface area contributed by atoms with E-state index in [1.807, 2.05) is 6.92 Å². The molecule has 130 valence electrons. The molecule has 0 aliphatic carbocycles. The van der Waals surface area contributed by atoms with E-state index in [2.05, 4.69) is 15.8 Å². The lowest BCUT2D eigenvalue weighted by atomic mass is 10.2. The molecule has 6 nitrogen and oxygen atoms in total. The number of carbonyl (C=O) groups is 2. The first-order valence-electron chi connectivity index (χ1n) is 7.32. The monoisotopic (exact) mass is 379 g/mol. The van der Waals surface area contributed by atoms with Crippen molar-refractivity contribution in [2.24, 2.45) is 5.10 Å². The summed E-state index contributed by atoms with van der Waals surface area (Å²) < 4.78 is 5.38. The van der Waals surface area contributed by atoms with Crippen LogP contribution < -0.4 is 15.5 Å². The third-order valence-electron chi connectivity index (χ3n) is 2.96. The van der Waals surface area contributed by atoms with E-state index < -0.39 is 11.8 Å². The van der Waals surface area contributed by atoms with Gasteiger partial charge in [-0.15, -0.1) is 0 Å². The molecule has 0 fully saturated rings. The predicted octanol–water partition coefficient (Wildman–Crippen LogP) is 3.48. The molecule has 0 aromatic heterocycles. The maximum absolute atomic E-state index is 11.9. The number of carbonyl (C=O) groups excluding carboxylic acids is 2. The topological polar surface area (TPSA) is 79.8 Å². The van der Waals surface area contributed by atoms with Gasteiger partial charge < -0.3 is 10.1 Å². The van der Waals surface area contributed by atoms with Crippen LogP contribution in [-0.4, -0.2) is 24.6 Å². The predicted molar refractivity (Wildman–Crippen MR) is 98.4 cm³/mol. The fourth-order valence-corrected chi connectivity index (χ4v) is 2.15. The van der Waals surface area contributed by atoms with Crippen LogP contribution in [0.4, 0.5) is 5.69 Å². The molecule has 2 N–H and O–H groups in total. The molecule has 2 amide bonds. The molecule has 0 unspecified atom stereocenters. The number of para-hydroxylation sites is 2. The van der Waals surface area contributed by atoms with Crippen molar-refractivity contribution < 1.29 is 14.3 Å². The Hall–Kier alpha value is -2.57. The molecule has 0 spiro atoms. The SMILES string of the molecule is CCOc1ccccc1NC(=O)C(=O)NN=Cc1ccc(Cl)c(Cl)c1. The number of rotatable bonds is 5. The Morgan fingerprint density at radius 2 is 1.88 bits per heavy atom. The lowest BCUT2D eigenvalue weighted by molar-refractivity contribution is -0.136. The molecular weight excluding hydrogens is 365 g/mol. The number of hydrogen-bond donors (Lipinski definition) is 2. The number of benzene rings is 2. The van der Waals surface area contributed by atoms with Crippen LogP contribution in [0.1, 0.15) is 12.5 Å². The molecule has 25 heavy (non-hydrogen) atoms. The Bertz CT molecular complexity index is 809. The molecule has 0 atom stereocenters. The van der Waals surface area contributed by atoms with E-state index in [-0.39, 0.29) is 0 Å². The van der Waals surface area contributed by atoms with Crippen LogP contribution in [0.15, 0.2) is 47.6 Å². The van der Waals surface area contributed by atoms with E-state index in [4.69, 9.17) is 27.9 Å². The highest BCUT2D eigenvalue weighted by molar-refractivity contribution is 6.42. The van der Waals surface area contributed by atoms with Gasteiger partial charge in [0.25, 0.3) is 0 Å². The number of hydrazone groups is 1. The summed E-state index contributed by atoms with van der Waals surface area (Å²) in [7, 11) is 0. The third-order valence-corrected chi connectivity index (χ3v) is 3.70. The Labute approximate surface area is 154 Å². The smallest absolute Gasteiger partial charge is 0.329 e. The fraction of sp³-hybridized carbons (Fsp3) is 0.118. The van der Waals surface area contributed by atoms with Gasteiger partial charge in [-0.1, -0.05) is 41.4 Å². The van der Waals surface area contributed by atoms with Gasteiger partial charge in [0.2, 0.25) is 0 Å². The number of ether oxygens (including phenoxy) is 1. The average molecular weight is 380 g/mol. The van der Waals surface area contributed by atoms with Crippen molar-refractivity contribution >= 4 is 46.9 Å². The van der Waals surface area contributed by atoms with Gasteiger partial charge in [0, 0.05) is 0 Å². The molecule has 0 saturated carbocycles. The summed E-state index contributed by atoms with van der Waals surface area (Å²) in [4.78, 5) is 23.7. The first-order chi connectivity index (χ1) is 12.0. The van der Waals surface area contributed by atoms with Crippen LogP contribution in [0.25, 0.3) is 0 Å². The molecule has 0 saturated heterocycles. The molecule has 8 heteroatoms. The highest BCUT2D eigenvalue weighted by Gasteiger charge is 2.15. The summed E-state index contributed by atoms with van der Waals surface area (Å²) in [5.41, 5.74) is 3.16. The lowest BCUT2D eigenvalue weighted by Gasteiger charge is -2.10. The van der Waals surface area contributed by atoms with Crippen molar-refractivity contribution in [2.45, 2.75) is 6.92 Å². The number of nitrogens with zero attached hydrogens (tertiary/aromatic N) is 1. The van der Waals surface area contributed by atoms with E-state index >= 15 is 0 Å². The average Bonchev–Trinajstić information content (AvgIpc) is 2.60. The van der Waals surface area contributed by atoms with Crippen LogP contribution >= 0.6 is 23.2 Å². The second-order valence-electron chi connectivity index (χ2n) is 4.76. The fourth-order valence-electron chi connectivity index (χ4n) is 1.84. The van der Waals surface area contributed by atoms with E-state index in [1.54, 1.807) is 42.5 Å². The second-order valence-corrected chi connectivity index (χ2v) is 5.57. The standard InChI is InChI=1S/C17H15Cl2N3O3/c1-2-25-15-6-4-3-5-14(15)21-16(23)17(24)22-20-10-11-7-8-12(18)13(19)9-11/h3-10H,2H2,1H3,(H,21,23)(H,22,24). The van der Waals surface area contributed by atoms with Gasteiger partial charge in [-0.05, 0) is 36.8 Å². The summed E-state index contributed by atoms with van der Waals surface area (Å²) in [5.74, 6) is -1.30. The number of hydrogen-bond acceptors (Lipinski definition) is 4. The van der Waals surface area contributed by atoms with Gasteiger partial charge in [-0.3, -0.25) is 9.59 Å². The van der Waals surface area contributed by atoms with Gasteiger partial charge in [-0.25, -0.2) is 5.43 Å². The minimum Gasteiger partial charge on any atom is -0.492 e. The highest BCUT2D eigenvalue weighted by Crippen LogP contribution is 2.23. The number of halogens is 2. The Balaban J connectivity index is 1.95. The Morgan fingerprint density at radius 1 is 1.12 bits per heavy atom. The first kappa shape index (κ1) is 18.8. The van der Waals surface area contributed by atoms with Crippen LogP contribution in [-0.2, 0) is 9.59 Å². The molecule has 0 heterocycles. The number of nitrogens with one attached hydrogen (secondary N) is 2. The van der Waals surface area contributed by atoms with Gasteiger partial charge in [0.05, 0.1) is 28.6 Å². The maximum atomic E-state index is 11.9. The van der Waals surface area contributed by atoms with E-state index in [0.717, 1.165) is 0 Å². The maximum Gasteiger partial charge on any atom is 0.329 e. The molecule has 0 radical (unpaired) electrons. The number of anilines is 1. The molecule has 2 rings (SSSR count). The van der Waals surface area contributed by atoms with Gasteiger partial charge in [-0.2, -0.15) is 5.10 Å². The van der Waals surface area contributed by atoms with Crippen molar-refractivity contribution in [3.05, 3.63) is 58.1 Å². The summed E-state index contributed by atoms with van der Waals surface area (Å²) in [6.07, 6.45) is 1.35. The third kappa shape index (κ3) is 5.48. The van der Waals surface area contributed by atoms with Crippen molar-refractivity contribution in [1.82, 2.24) is 5.43 Å². The summed E-state index contributed by atoms with van der Waals surface area (Å²) >= 11 is 11.7. The number of amides is 2. The van der Waals surface area contributed by atoms with Crippen molar-refractivity contribution in [2.75, 3.05) is 11.9 Å². The van der Waals surface area contributed by atoms with Gasteiger partial charge in [0.1, 0.15) is 5.75 Å². The minimum absolute atomic E-state index is 0.363. The zero-order valence-electron chi connectivity index (χ0n) is 13.3. The lowest BCUT2D eigenvalue weighted by Crippen LogP contribution is -2.32. The van der Waals surface area contributed by atoms with Crippen LogP contribution in [0, 0.1) is 0 Å². The molecule has 0 bridgehead atoms. The zero-order valence-corrected chi connectivity index (χ0v) is 14.8. The van der Waals surface area contributed by atoms with Crippen LogP contribution in [0.3, 0.4) is 0 Å². The van der Waals surface area contributed by atoms with Gasteiger partial charge in [0.15, 0.2) is 0 Å². The minimum atomic E-state index is -0.914. The molecule has 2 aromatic rings. The normalized spacial score (nSPS) is 10.5. The quantitative estimate of drug-likeness (QED) is 0.474. The van der Waals surface area contributed by atoms with Crippen molar-refractivity contribution in [3.8, 4) is 5.75 Å². The van der Waals surface area contributed by atoms with Gasteiger partial charge >= 0.3 is 11.8 Å². The Kier molecular flexibility index (Phi) is 6.80. The van der Waals surface area contributed by atoms with E-state index in [1.165, 1.54) is 6.21 Å². The Morgan fingerprint density at radius 3 is 2.60 bits per heavy atom. The molecule has 2 aromatic carbocycles. The van der Waals surface area contributed by atoms with Crippen LogP contribution in [0.5, 0.6) is 5.75 Å². The highest BCUT2D eigenvalue weighted by atomic mass is 35.5. The van der Waals surface area contributed by atoms with E-state index in [0.29, 0.717) is 33.7 Å². The molecule has 0 aliphatic heterocycles. The van der Waals surface area contributed by atoms with Crippen molar-refractivity contribution in [3.63, 3.8) is 0 Å². The summed E-state index contributed by atoms with van der Waals surface area (Å²) in [6, 6.07) is 11.7. The van der Waals surface area contributed by atoms with Crippen LogP contribution in [0.2, 0.25) is 10.0 Å². The molecular formula is C17H15Cl2N3O3. The molecule has 0 aliphatic rings. The second kappa shape index (κ2) is 9.05. The summed E-state index contributed by atoms with van der Waals surface area (Å²) in [5, 5.41) is 6.96. The van der Waals surface area contributed by atoms with E-state index in [9.17, 15) is 9.59 Å².